The van der Waals surface area contributed by atoms with Crippen LogP contribution in [0.15, 0.2) is 109 Å². The highest BCUT2D eigenvalue weighted by atomic mass is 16.3. The Bertz CT molecular complexity index is 2290. The molecule has 0 aliphatic carbocycles. The van der Waals surface area contributed by atoms with Gasteiger partial charge in [-0.2, -0.15) is 0 Å². The first-order chi connectivity index (χ1) is 23.3. The van der Waals surface area contributed by atoms with Gasteiger partial charge in [0.2, 0.25) is 0 Å². The average molecular weight is 647 g/mol. The molecule has 0 aliphatic heterocycles. The minimum atomic E-state index is -0.198. The van der Waals surface area contributed by atoms with Gasteiger partial charge in [-0.1, -0.05) is 90.6 Å². The number of phenols is 2. The molecule has 0 radical (unpaired) electrons. The van der Waals surface area contributed by atoms with Crippen LogP contribution in [0.1, 0.15) is 65.2 Å². The molecule has 3 aromatic heterocycles. The van der Waals surface area contributed by atoms with Crippen LogP contribution in [0.2, 0.25) is 0 Å². The number of phenolic OH excluding ortho intramolecular Hbond substituents is 2. The summed E-state index contributed by atoms with van der Waals surface area (Å²) >= 11 is 0. The van der Waals surface area contributed by atoms with Crippen LogP contribution in [-0.2, 0) is 10.8 Å². The van der Waals surface area contributed by atoms with Crippen molar-refractivity contribution in [2.24, 2.45) is 4.99 Å². The molecule has 6 nitrogen and oxygen atoms in total. The standard InChI is InChI=1S/C43H42N4O2/c1-9-20-44-34(10-2)30-22-28(42(3,4)5)24-32(40(30)48)36-18-16-26-14-15-27-17-19-37(47-39(27)38(26)46-36)33-25-29(43(6,7)8)23-31(41(33)49)35-13-11-12-21-45-35/h9-25,48-49H,1H2,2-8H3/b34-10-,44-20?. The third-order valence-electron chi connectivity index (χ3n) is 8.83. The van der Waals surface area contributed by atoms with Crippen molar-refractivity contribution in [2.75, 3.05) is 0 Å². The van der Waals surface area contributed by atoms with Gasteiger partial charge in [-0.05, 0) is 77.4 Å². The molecule has 6 rings (SSSR count). The summed E-state index contributed by atoms with van der Waals surface area (Å²) in [5.74, 6) is 0.233. The van der Waals surface area contributed by atoms with Crippen molar-refractivity contribution in [3.05, 3.63) is 120 Å². The summed E-state index contributed by atoms with van der Waals surface area (Å²) in [5, 5.41) is 25.2. The summed E-state index contributed by atoms with van der Waals surface area (Å²) in [6, 6.07) is 25.7. The van der Waals surface area contributed by atoms with Gasteiger partial charge in [0.15, 0.2) is 0 Å². The van der Waals surface area contributed by atoms with Crippen LogP contribution >= 0.6 is 0 Å². The lowest BCUT2D eigenvalue weighted by atomic mass is 9.83. The molecule has 0 amide bonds. The van der Waals surface area contributed by atoms with Crippen molar-refractivity contribution in [3.63, 3.8) is 0 Å². The number of allylic oxidation sites excluding steroid dienone is 2. The third-order valence-corrected chi connectivity index (χ3v) is 8.83. The highest BCUT2D eigenvalue weighted by molar-refractivity contribution is 6.04. The number of benzene rings is 3. The van der Waals surface area contributed by atoms with Crippen LogP contribution in [0.4, 0.5) is 0 Å². The van der Waals surface area contributed by atoms with Crippen LogP contribution < -0.4 is 0 Å². The topological polar surface area (TPSA) is 91.5 Å². The maximum absolute atomic E-state index is 11.7. The predicted octanol–water partition coefficient (Wildman–Crippen LogP) is 10.8. The second-order valence-electron chi connectivity index (χ2n) is 14.3. The molecule has 0 atom stereocenters. The maximum Gasteiger partial charge on any atom is 0.134 e. The molecule has 0 aliphatic rings. The van der Waals surface area contributed by atoms with E-state index in [0.29, 0.717) is 56.1 Å². The van der Waals surface area contributed by atoms with Crippen molar-refractivity contribution in [3.8, 4) is 45.3 Å². The fourth-order valence-electron chi connectivity index (χ4n) is 5.94. The maximum atomic E-state index is 11.7. The van der Waals surface area contributed by atoms with Gasteiger partial charge in [0, 0.05) is 45.4 Å². The molecule has 0 bridgehead atoms. The average Bonchev–Trinajstić information content (AvgIpc) is 3.08. The molecule has 0 saturated heterocycles. The van der Waals surface area contributed by atoms with E-state index >= 15 is 0 Å². The number of rotatable bonds is 6. The molecule has 0 unspecified atom stereocenters. The second-order valence-corrected chi connectivity index (χ2v) is 14.3. The SMILES string of the molecule is C=CC=N/C(=C\C)c1cc(C(C)(C)C)cc(-c2ccc3ccc4ccc(-c5cc(C(C)(C)C)cc(-c6ccccn6)c5O)nc4c3n2)c1O. The molecule has 3 aromatic carbocycles. The van der Waals surface area contributed by atoms with E-state index in [2.05, 4.69) is 58.1 Å². The molecule has 49 heavy (non-hydrogen) atoms. The van der Waals surface area contributed by atoms with E-state index in [4.69, 9.17) is 9.97 Å². The Morgan fingerprint density at radius 1 is 0.673 bits per heavy atom. The van der Waals surface area contributed by atoms with Crippen LogP contribution in [0.5, 0.6) is 11.5 Å². The summed E-state index contributed by atoms with van der Waals surface area (Å²) in [6.07, 6.45) is 6.84. The van der Waals surface area contributed by atoms with Gasteiger partial charge >= 0.3 is 0 Å². The molecule has 0 spiro atoms. The van der Waals surface area contributed by atoms with E-state index in [-0.39, 0.29) is 22.3 Å². The van der Waals surface area contributed by atoms with Crippen LogP contribution in [0.3, 0.4) is 0 Å². The Labute approximate surface area is 288 Å². The monoisotopic (exact) mass is 646 g/mol. The van der Waals surface area contributed by atoms with E-state index in [1.165, 1.54) is 0 Å². The van der Waals surface area contributed by atoms with E-state index in [1.54, 1.807) is 18.5 Å². The minimum Gasteiger partial charge on any atom is -0.507 e. The van der Waals surface area contributed by atoms with Gasteiger partial charge in [-0.15, -0.1) is 0 Å². The van der Waals surface area contributed by atoms with Crippen molar-refractivity contribution in [1.82, 2.24) is 15.0 Å². The summed E-state index contributed by atoms with van der Waals surface area (Å²) in [7, 11) is 0. The van der Waals surface area contributed by atoms with E-state index in [1.807, 2.05) is 91.9 Å². The normalized spacial score (nSPS) is 12.7. The lowest BCUT2D eigenvalue weighted by molar-refractivity contribution is 0.474. The number of pyridine rings is 3. The Morgan fingerprint density at radius 2 is 1.18 bits per heavy atom. The number of aliphatic imine (C=N–C) groups is 1. The van der Waals surface area contributed by atoms with Gasteiger partial charge in [-0.25, -0.2) is 9.97 Å². The molecule has 0 saturated carbocycles. The first-order valence-electron chi connectivity index (χ1n) is 16.5. The highest BCUT2D eigenvalue weighted by Gasteiger charge is 2.24. The quantitative estimate of drug-likeness (QED) is 0.139. The van der Waals surface area contributed by atoms with Crippen LogP contribution in [-0.4, -0.2) is 31.4 Å². The van der Waals surface area contributed by atoms with Gasteiger partial charge in [0.25, 0.3) is 0 Å². The zero-order chi connectivity index (χ0) is 35.1. The third kappa shape index (κ3) is 6.47. The smallest absolute Gasteiger partial charge is 0.134 e. The second kappa shape index (κ2) is 12.8. The zero-order valence-electron chi connectivity index (χ0n) is 29.2. The number of nitrogens with zero attached hydrogens (tertiary/aromatic N) is 4. The first kappa shape index (κ1) is 33.3. The van der Waals surface area contributed by atoms with Crippen molar-refractivity contribution < 1.29 is 10.2 Å². The molecule has 6 heteroatoms. The summed E-state index contributed by atoms with van der Waals surface area (Å²) < 4.78 is 0. The Balaban J connectivity index is 1.59. The van der Waals surface area contributed by atoms with Crippen LogP contribution in [0, 0.1) is 0 Å². The van der Waals surface area contributed by atoms with Gasteiger partial charge in [-0.3, -0.25) is 9.98 Å². The van der Waals surface area contributed by atoms with E-state index in [0.717, 1.165) is 21.9 Å². The van der Waals surface area contributed by atoms with Crippen LogP contribution in [0.25, 0.3) is 61.3 Å². The van der Waals surface area contributed by atoms with Gasteiger partial charge in [0.05, 0.1) is 33.8 Å². The minimum absolute atomic E-state index is 0.106. The Kier molecular flexibility index (Phi) is 8.68. The highest BCUT2D eigenvalue weighted by Crippen LogP contribution is 2.43. The fraction of sp³-hybridized carbons (Fsp3) is 0.209. The fourth-order valence-corrected chi connectivity index (χ4v) is 5.94. The first-order valence-corrected chi connectivity index (χ1v) is 16.5. The van der Waals surface area contributed by atoms with Crippen molar-refractivity contribution >= 4 is 33.7 Å². The van der Waals surface area contributed by atoms with E-state index < -0.39 is 0 Å². The summed E-state index contributed by atoms with van der Waals surface area (Å²) in [4.78, 5) is 19.4. The number of aromatic hydroxyl groups is 2. The zero-order valence-corrected chi connectivity index (χ0v) is 29.2. The molecule has 0 fully saturated rings. The molecule has 2 N–H and O–H groups in total. The number of aromatic nitrogens is 3. The Morgan fingerprint density at radius 3 is 1.67 bits per heavy atom. The Hall–Kier alpha value is -5.62. The lowest BCUT2D eigenvalue weighted by Crippen LogP contribution is -2.12. The van der Waals surface area contributed by atoms with Crippen molar-refractivity contribution in [1.29, 1.82) is 0 Å². The molecule has 6 aromatic rings. The largest absolute Gasteiger partial charge is 0.507 e. The van der Waals surface area contributed by atoms with Crippen molar-refractivity contribution in [2.45, 2.75) is 59.3 Å². The summed E-state index contributed by atoms with van der Waals surface area (Å²) in [6.45, 7) is 18.5. The van der Waals surface area contributed by atoms with Gasteiger partial charge < -0.3 is 10.2 Å². The number of fused-ring (bicyclic) bond motifs is 3. The summed E-state index contributed by atoms with van der Waals surface area (Å²) in [5.41, 5.74) is 8.23. The molecular formula is C43H42N4O2. The number of hydrogen-bond acceptors (Lipinski definition) is 6. The lowest BCUT2D eigenvalue weighted by Gasteiger charge is -2.23. The molecule has 3 heterocycles. The van der Waals surface area contributed by atoms with Gasteiger partial charge in [0.1, 0.15) is 11.5 Å². The number of hydrogen-bond donors (Lipinski definition) is 2. The predicted molar refractivity (Wildman–Crippen MR) is 204 cm³/mol. The van der Waals surface area contributed by atoms with E-state index in [9.17, 15) is 10.2 Å². The molecule has 246 valence electrons. The molecular weight excluding hydrogens is 604 g/mol.